The van der Waals surface area contributed by atoms with Gasteiger partial charge in [0.15, 0.2) is 0 Å². The number of hydrogen-bond donors (Lipinski definition) is 0. The average molecular weight is 341 g/mol. The second-order valence-corrected chi connectivity index (χ2v) is 5.59. The number of hydrogen-bond acceptors (Lipinski definition) is 0. The van der Waals surface area contributed by atoms with Crippen molar-refractivity contribution < 1.29 is 28.5 Å². The predicted octanol–water partition coefficient (Wildman–Crippen LogP) is 0.310. The van der Waals surface area contributed by atoms with Gasteiger partial charge >= 0.3 is 0 Å². The SMILES string of the molecule is Cc1ccc2ccc(C[N+](C)(C)C)c-2cc1.[I-]. The summed E-state index contributed by atoms with van der Waals surface area (Å²) >= 11 is 0. The van der Waals surface area contributed by atoms with Gasteiger partial charge in [-0.25, -0.2) is 0 Å². The fourth-order valence-corrected chi connectivity index (χ4v) is 2.04. The molecule has 0 spiro atoms. The van der Waals surface area contributed by atoms with E-state index in [2.05, 4.69) is 64.5 Å². The van der Waals surface area contributed by atoms with Crippen LogP contribution in [0.4, 0.5) is 0 Å². The number of halogens is 1. The van der Waals surface area contributed by atoms with Gasteiger partial charge < -0.3 is 28.5 Å². The lowest BCUT2D eigenvalue weighted by Gasteiger charge is -2.23. The quantitative estimate of drug-likeness (QED) is 0.545. The Labute approximate surface area is 121 Å². The van der Waals surface area contributed by atoms with Crippen LogP contribution in [0.15, 0.2) is 36.4 Å². The summed E-state index contributed by atoms with van der Waals surface area (Å²) in [5.41, 5.74) is 5.49. The summed E-state index contributed by atoms with van der Waals surface area (Å²) in [4.78, 5) is 0. The molecule has 2 rings (SSSR count). The van der Waals surface area contributed by atoms with Crippen LogP contribution in [0.3, 0.4) is 0 Å². The zero-order chi connectivity index (χ0) is 11.8. The average Bonchev–Trinajstić information content (AvgIpc) is 2.41. The van der Waals surface area contributed by atoms with Gasteiger partial charge in [0.05, 0.1) is 21.1 Å². The van der Waals surface area contributed by atoms with E-state index >= 15 is 0 Å². The lowest BCUT2D eigenvalue weighted by molar-refractivity contribution is -0.883. The van der Waals surface area contributed by atoms with Crippen molar-refractivity contribution in [3.63, 3.8) is 0 Å². The minimum Gasteiger partial charge on any atom is -1.00 e. The molecule has 0 aromatic rings. The van der Waals surface area contributed by atoms with Crippen molar-refractivity contribution in [2.45, 2.75) is 13.5 Å². The molecule has 0 N–H and O–H groups in total. The lowest BCUT2D eigenvalue weighted by atomic mass is 10.1. The van der Waals surface area contributed by atoms with Crippen LogP contribution in [0.1, 0.15) is 11.1 Å². The number of aryl methyl sites for hydroxylation is 1. The summed E-state index contributed by atoms with van der Waals surface area (Å²) in [6.45, 7) is 3.21. The van der Waals surface area contributed by atoms with Crippen molar-refractivity contribution in [3.05, 3.63) is 47.5 Å². The zero-order valence-electron chi connectivity index (χ0n) is 11.0. The van der Waals surface area contributed by atoms with Crippen LogP contribution >= 0.6 is 0 Å². The van der Waals surface area contributed by atoms with Gasteiger partial charge in [0, 0.05) is 5.56 Å². The second kappa shape index (κ2) is 5.36. The number of fused-ring (bicyclic) bond motifs is 1. The molecule has 0 saturated heterocycles. The highest BCUT2D eigenvalue weighted by Crippen LogP contribution is 2.28. The standard InChI is InChI=1S/C15H20N.HI/c1-12-5-7-13-8-9-14(11-16(2,3)4)15(13)10-6-12;/h5-10H,11H2,1-4H3;1H/q+1;/p-1. The van der Waals surface area contributed by atoms with Crippen LogP contribution in [-0.4, -0.2) is 25.6 Å². The predicted molar refractivity (Wildman–Crippen MR) is 69.5 cm³/mol. The molecule has 0 unspecified atom stereocenters. The van der Waals surface area contributed by atoms with Gasteiger partial charge in [0.25, 0.3) is 0 Å². The van der Waals surface area contributed by atoms with Gasteiger partial charge in [-0.15, -0.1) is 0 Å². The Morgan fingerprint density at radius 3 is 2.12 bits per heavy atom. The van der Waals surface area contributed by atoms with Crippen LogP contribution in [-0.2, 0) is 6.54 Å². The van der Waals surface area contributed by atoms with Gasteiger partial charge in [0.1, 0.15) is 6.54 Å². The monoisotopic (exact) mass is 341 g/mol. The maximum absolute atomic E-state index is 2.25. The smallest absolute Gasteiger partial charge is 0.104 e. The van der Waals surface area contributed by atoms with Gasteiger partial charge in [0.2, 0.25) is 0 Å². The van der Waals surface area contributed by atoms with E-state index in [1.165, 1.54) is 22.3 Å². The lowest BCUT2D eigenvalue weighted by Crippen LogP contribution is -3.00. The molecule has 2 aliphatic rings. The highest BCUT2D eigenvalue weighted by Gasteiger charge is 2.14. The molecule has 0 aromatic carbocycles. The Hall–Kier alpha value is -0.610. The summed E-state index contributed by atoms with van der Waals surface area (Å²) in [6.07, 6.45) is 0. The second-order valence-electron chi connectivity index (χ2n) is 5.59. The van der Waals surface area contributed by atoms with Crippen LogP contribution in [0.2, 0.25) is 0 Å². The Morgan fingerprint density at radius 2 is 1.47 bits per heavy atom. The number of rotatable bonds is 2. The molecule has 0 saturated carbocycles. The van der Waals surface area contributed by atoms with E-state index in [1.54, 1.807) is 0 Å². The van der Waals surface area contributed by atoms with Crippen molar-refractivity contribution in [1.82, 2.24) is 0 Å². The summed E-state index contributed by atoms with van der Waals surface area (Å²) in [6, 6.07) is 13.3. The van der Waals surface area contributed by atoms with Crippen molar-refractivity contribution in [1.29, 1.82) is 0 Å². The number of nitrogens with zero attached hydrogens (tertiary/aromatic N) is 1. The summed E-state index contributed by atoms with van der Waals surface area (Å²) in [5.74, 6) is 0. The van der Waals surface area contributed by atoms with Crippen molar-refractivity contribution >= 4 is 0 Å². The summed E-state index contributed by atoms with van der Waals surface area (Å²) in [7, 11) is 6.69. The first-order valence-electron chi connectivity index (χ1n) is 5.74. The van der Waals surface area contributed by atoms with E-state index in [4.69, 9.17) is 0 Å². The van der Waals surface area contributed by atoms with Gasteiger partial charge in [-0.3, -0.25) is 0 Å². The topological polar surface area (TPSA) is 0 Å². The van der Waals surface area contributed by atoms with E-state index in [0.29, 0.717) is 0 Å². The largest absolute Gasteiger partial charge is 1.00 e. The molecule has 17 heavy (non-hydrogen) atoms. The molecule has 92 valence electrons. The Kier molecular flexibility index (Phi) is 4.55. The summed E-state index contributed by atoms with van der Waals surface area (Å²) in [5, 5.41) is 0. The fraction of sp³-hybridized carbons (Fsp3) is 0.333. The Bertz CT molecular complexity index is 471. The molecule has 0 bridgehead atoms. The first-order valence-corrected chi connectivity index (χ1v) is 5.74. The third kappa shape index (κ3) is 3.68. The minimum atomic E-state index is 0. The fourth-order valence-electron chi connectivity index (χ4n) is 2.04. The normalized spacial score (nSPS) is 11.3. The van der Waals surface area contributed by atoms with Gasteiger partial charge in [-0.2, -0.15) is 0 Å². The molecule has 2 aliphatic carbocycles. The molecule has 0 amide bonds. The molecule has 2 heteroatoms. The van der Waals surface area contributed by atoms with Crippen molar-refractivity contribution in [2.75, 3.05) is 21.1 Å². The number of quaternary nitrogens is 1. The van der Waals surface area contributed by atoms with Crippen LogP contribution < -0.4 is 24.0 Å². The van der Waals surface area contributed by atoms with E-state index < -0.39 is 0 Å². The molecule has 0 radical (unpaired) electrons. The highest BCUT2D eigenvalue weighted by molar-refractivity contribution is 5.70. The highest BCUT2D eigenvalue weighted by atomic mass is 127. The molecule has 0 aromatic heterocycles. The van der Waals surface area contributed by atoms with Crippen molar-refractivity contribution in [2.24, 2.45) is 0 Å². The Morgan fingerprint density at radius 1 is 0.882 bits per heavy atom. The maximum atomic E-state index is 2.25. The van der Waals surface area contributed by atoms with E-state index in [-0.39, 0.29) is 24.0 Å². The molecular formula is C15H20IN. The molecule has 0 heterocycles. The zero-order valence-corrected chi connectivity index (χ0v) is 13.2. The van der Waals surface area contributed by atoms with E-state index in [1.807, 2.05) is 0 Å². The third-order valence-electron chi connectivity index (χ3n) is 2.80. The Balaban J connectivity index is 0.00000144. The maximum Gasteiger partial charge on any atom is 0.104 e. The van der Waals surface area contributed by atoms with E-state index in [9.17, 15) is 0 Å². The van der Waals surface area contributed by atoms with Gasteiger partial charge in [-0.1, -0.05) is 42.0 Å². The molecule has 0 aliphatic heterocycles. The third-order valence-corrected chi connectivity index (χ3v) is 2.80. The summed E-state index contributed by atoms with van der Waals surface area (Å²) < 4.78 is 0.969. The van der Waals surface area contributed by atoms with Gasteiger partial charge in [-0.05, 0) is 18.1 Å². The molecule has 1 nitrogen and oxygen atoms in total. The van der Waals surface area contributed by atoms with Crippen molar-refractivity contribution in [3.8, 4) is 11.1 Å². The van der Waals surface area contributed by atoms with Crippen LogP contribution in [0.25, 0.3) is 11.1 Å². The van der Waals surface area contributed by atoms with E-state index in [0.717, 1.165) is 11.0 Å². The first kappa shape index (κ1) is 14.5. The van der Waals surface area contributed by atoms with Crippen LogP contribution in [0, 0.1) is 6.92 Å². The molecule has 0 atom stereocenters. The minimum absolute atomic E-state index is 0. The molecule has 0 fully saturated rings. The first-order chi connectivity index (χ1) is 7.46. The molecular weight excluding hydrogens is 321 g/mol. The van der Waals surface area contributed by atoms with Crippen LogP contribution in [0.5, 0.6) is 0 Å².